The molecule has 21 heavy (non-hydrogen) atoms. The van der Waals surface area contributed by atoms with Crippen LogP contribution in [0.25, 0.3) is 0 Å². The fourth-order valence-corrected chi connectivity index (χ4v) is 3.27. The predicted molar refractivity (Wildman–Crippen MR) is 81.8 cm³/mol. The average molecular weight is 290 g/mol. The van der Waals surface area contributed by atoms with Crippen LogP contribution in [0.1, 0.15) is 56.6 Å². The van der Waals surface area contributed by atoms with Crippen molar-refractivity contribution in [3.8, 4) is 0 Å². The molecule has 1 aliphatic heterocycles. The van der Waals surface area contributed by atoms with Crippen molar-refractivity contribution in [2.45, 2.75) is 58.0 Å². The van der Waals surface area contributed by atoms with Crippen molar-refractivity contribution in [3.63, 3.8) is 0 Å². The molecule has 2 fully saturated rings. The van der Waals surface area contributed by atoms with Crippen LogP contribution in [0.15, 0.2) is 6.20 Å². The summed E-state index contributed by atoms with van der Waals surface area (Å²) in [6, 6.07) is 0.716. The topological polar surface area (TPSA) is 61.0 Å². The molecule has 2 N–H and O–H groups in total. The first-order valence-corrected chi connectivity index (χ1v) is 8.20. The number of likely N-dealkylation sites (tertiary alicyclic amines) is 1. The minimum Gasteiger partial charge on any atom is -0.345 e. The molecule has 0 aromatic carbocycles. The Labute approximate surface area is 126 Å². The third-order valence-electron chi connectivity index (χ3n) is 4.88. The number of aryl methyl sites for hydroxylation is 1. The summed E-state index contributed by atoms with van der Waals surface area (Å²) in [7, 11) is 0. The normalized spacial score (nSPS) is 22.1. The minimum atomic E-state index is 0.234. The number of carbonyl (C=O) groups excluding carboxylic acids is 1. The van der Waals surface area contributed by atoms with Crippen LogP contribution in [0.4, 0.5) is 0 Å². The lowest BCUT2D eigenvalue weighted by atomic mass is 9.84. The Bertz CT molecular complexity index is 486. The predicted octanol–water partition coefficient (Wildman–Crippen LogP) is 2.16. The third-order valence-corrected chi connectivity index (χ3v) is 4.88. The third kappa shape index (κ3) is 3.28. The summed E-state index contributed by atoms with van der Waals surface area (Å²) in [5, 5.41) is 3.63. The number of hydrogen-bond acceptors (Lipinski definition) is 3. The van der Waals surface area contributed by atoms with Crippen LogP contribution in [0.2, 0.25) is 0 Å². The molecule has 5 heteroatoms. The molecule has 0 radical (unpaired) electrons. The number of aromatic nitrogens is 2. The number of hydrogen-bond donors (Lipinski definition) is 2. The van der Waals surface area contributed by atoms with E-state index in [-0.39, 0.29) is 6.04 Å². The van der Waals surface area contributed by atoms with Crippen molar-refractivity contribution in [1.82, 2.24) is 20.2 Å². The molecule has 5 nitrogen and oxygen atoms in total. The molecule has 1 saturated heterocycles. The first kappa shape index (κ1) is 14.6. The smallest absolute Gasteiger partial charge is 0.225 e. The molecule has 1 aliphatic carbocycles. The number of aromatic amines is 1. The number of H-pyrrole nitrogens is 1. The number of imidazole rings is 1. The van der Waals surface area contributed by atoms with Gasteiger partial charge in [0.1, 0.15) is 5.82 Å². The zero-order valence-electron chi connectivity index (χ0n) is 13.1. The number of carbonyl (C=O) groups is 1. The van der Waals surface area contributed by atoms with E-state index in [2.05, 4.69) is 27.1 Å². The van der Waals surface area contributed by atoms with Gasteiger partial charge in [0, 0.05) is 36.9 Å². The van der Waals surface area contributed by atoms with Gasteiger partial charge >= 0.3 is 0 Å². The van der Waals surface area contributed by atoms with Crippen LogP contribution in [0.5, 0.6) is 0 Å². The van der Waals surface area contributed by atoms with Gasteiger partial charge in [0.05, 0.1) is 6.04 Å². The van der Waals surface area contributed by atoms with Crippen LogP contribution in [0, 0.1) is 12.8 Å². The van der Waals surface area contributed by atoms with Crippen molar-refractivity contribution < 1.29 is 4.79 Å². The van der Waals surface area contributed by atoms with Crippen LogP contribution in [-0.2, 0) is 4.79 Å². The highest BCUT2D eigenvalue weighted by molar-refractivity contribution is 5.79. The minimum absolute atomic E-state index is 0.234. The molecule has 0 bridgehead atoms. The maximum Gasteiger partial charge on any atom is 0.225 e. The van der Waals surface area contributed by atoms with Gasteiger partial charge in [-0.15, -0.1) is 0 Å². The summed E-state index contributed by atoms with van der Waals surface area (Å²) in [6.45, 7) is 5.96. The van der Waals surface area contributed by atoms with E-state index in [1.54, 1.807) is 0 Å². The summed E-state index contributed by atoms with van der Waals surface area (Å²) < 4.78 is 0. The van der Waals surface area contributed by atoms with Crippen LogP contribution < -0.4 is 5.32 Å². The zero-order chi connectivity index (χ0) is 14.8. The molecule has 1 saturated carbocycles. The van der Waals surface area contributed by atoms with Crippen molar-refractivity contribution >= 4 is 5.91 Å². The van der Waals surface area contributed by atoms with Gasteiger partial charge in [0.25, 0.3) is 0 Å². The maximum absolute atomic E-state index is 12.2. The second-order valence-electron chi connectivity index (χ2n) is 6.57. The Kier molecular flexibility index (Phi) is 4.29. The number of amides is 1. The Hall–Kier alpha value is -1.36. The van der Waals surface area contributed by atoms with Crippen molar-refractivity contribution in [1.29, 1.82) is 0 Å². The maximum atomic E-state index is 12.2. The van der Waals surface area contributed by atoms with E-state index in [4.69, 9.17) is 0 Å². The van der Waals surface area contributed by atoms with Gasteiger partial charge < -0.3 is 15.2 Å². The van der Waals surface area contributed by atoms with Gasteiger partial charge in [-0.3, -0.25) is 4.79 Å². The first-order valence-electron chi connectivity index (χ1n) is 8.20. The lowest BCUT2D eigenvalue weighted by molar-refractivity contribution is -0.139. The molecule has 0 spiro atoms. The molecular weight excluding hydrogens is 264 g/mol. The zero-order valence-corrected chi connectivity index (χ0v) is 13.1. The molecule has 1 unspecified atom stereocenters. The Balaban J connectivity index is 1.46. The highest BCUT2D eigenvalue weighted by atomic mass is 16.2. The van der Waals surface area contributed by atoms with Gasteiger partial charge in [-0.1, -0.05) is 6.42 Å². The van der Waals surface area contributed by atoms with E-state index >= 15 is 0 Å². The monoisotopic (exact) mass is 290 g/mol. The molecule has 1 aromatic heterocycles. The van der Waals surface area contributed by atoms with Crippen LogP contribution in [-0.4, -0.2) is 39.9 Å². The number of rotatable bonds is 4. The van der Waals surface area contributed by atoms with Crippen molar-refractivity contribution in [2.75, 3.05) is 13.1 Å². The Morgan fingerprint density at radius 1 is 1.38 bits per heavy atom. The Morgan fingerprint density at radius 3 is 2.62 bits per heavy atom. The standard InChI is InChI=1S/C16H26N4O/c1-11-10-17-15(18-11)12(2)19-14-6-8-20(9-7-14)16(21)13-4-3-5-13/h10,12-14,19H,3-9H2,1-2H3,(H,17,18). The average Bonchev–Trinajstić information content (AvgIpc) is 2.84. The number of nitrogens with zero attached hydrogens (tertiary/aromatic N) is 2. The lowest BCUT2D eigenvalue weighted by Crippen LogP contribution is -2.48. The highest BCUT2D eigenvalue weighted by Gasteiger charge is 2.31. The van der Waals surface area contributed by atoms with Gasteiger partial charge in [0.2, 0.25) is 5.91 Å². The van der Waals surface area contributed by atoms with E-state index in [1.807, 2.05) is 13.1 Å². The molecule has 3 rings (SSSR count). The van der Waals surface area contributed by atoms with E-state index in [1.165, 1.54) is 6.42 Å². The van der Waals surface area contributed by atoms with E-state index in [9.17, 15) is 4.79 Å². The van der Waals surface area contributed by atoms with Gasteiger partial charge in [-0.05, 0) is 39.5 Å². The molecule has 1 amide bonds. The second kappa shape index (κ2) is 6.18. The van der Waals surface area contributed by atoms with Crippen LogP contribution in [0.3, 0.4) is 0 Å². The molecule has 1 aromatic rings. The highest BCUT2D eigenvalue weighted by Crippen LogP contribution is 2.29. The number of piperidine rings is 1. The summed E-state index contributed by atoms with van der Waals surface area (Å²) in [5.74, 6) is 1.73. The fraction of sp³-hybridized carbons (Fsp3) is 0.750. The molecule has 2 heterocycles. The first-order chi connectivity index (χ1) is 10.1. The summed E-state index contributed by atoms with van der Waals surface area (Å²) in [4.78, 5) is 22.0. The van der Waals surface area contributed by atoms with E-state index < -0.39 is 0 Å². The SMILES string of the molecule is Cc1cnc(C(C)NC2CCN(C(=O)C3CCC3)CC2)[nH]1. The molecular formula is C16H26N4O. The Morgan fingerprint density at radius 2 is 2.10 bits per heavy atom. The summed E-state index contributed by atoms with van der Waals surface area (Å²) in [5.41, 5.74) is 1.10. The van der Waals surface area contributed by atoms with Gasteiger partial charge in [-0.2, -0.15) is 0 Å². The molecule has 2 aliphatic rings. The van der Waals surface area contributed by atoms with Gasteiger partial charge in [0.15, 0.2) is 0 Å². The largest absolute Gasteiger partial charge is 0.345 e. The van der Waals surface area contributed by atoms with Crippen molar-refractivity contribution in [3.05, 3.63) is 17.7 Å². The number of nitrogens with one attached hydrogen (secondary N) is 2. The quantitative estimate of drug-likeness (QED) is 0.893. The molecule has 116 valence electrons. The fourth-order valence-electron chi connectivity index (χ4n) is 3.27. The summed E-state index contributed by atoms with van der Waals surface area (Å²) >= 11 is 0. The summed E-state index contributed by atoms with van der Waals surface area (Å²) in [6.07, 6.45) is 7.39. The van der Waals surface area contributed by atoms with Crippen molar-refractivity contribution in [2.24, 2.45) is 5.92 Å². The van der Waals surface area contributed by atoms with E-state index in [0.717, 1.165) is 50.3 Å². The van der Waals surface area contributed by atoms with Gasteiger partial charge in [-0.25, -0.2) is 4.98 Å². The van der Waals surface area contributed by atoms with Crippen LogP contribution >= 0.6 is 0 Å². The lowest BCUT2D eigenvalue weighted by Gasteiger charge is -2.37. The van der Waals surface area contributed by atoms with E-state index in [0.29, 0.717) is 17.9 Å². The second-order valence-corrected chi connectivity index (χ2v) is 6.57. The molecule has 1 atom stereocenters.